The molecular formula is C10H15NO4S. The van der Waals surface area contributed by atoms with Crippen LogP contribution in [0.2, 0.25) is 0 Å². The van der Waals surface area contributed by atoms with E-state index in [4.69, 9.17) is 14.2 Å². The molecule has 6 heteroatoms. The molecular weight excluding hydrogens is 230 g/mol. The molecule has 0 bridgehead atoms. The average molecular weight is 245 g/mol. The van der Waals surface area contributed by atoms with Gasteiger partial charge in [0.25, 0.3) is 0 Å². The number of aromatic nitrogens is 1. The van der Waals surface area contributed by atoms with Gasteiger partial charge >= 0.3 is 5.97 Å². The quantitative estimate of drug-likeness (QED) is 0.538. The maximum atomic E-state index is 11.3. The molecule has 0 saturated heterocycles. The first-order valence-electron chi connectivity index (χ1n) is 4.96. The minimum absolute atomic E-state index is 0.345. The molecule has 0 fully saturated rings. The lowest BCUT2D eigenvalue weighted by atomic mass is 10.5. The van der Waals surface area contributed by atoms with Gasteiger partial charge in [-0.3, -0.25) is 0 Å². The van der Waals surface area contributed by atoms with E-state index >= 15 is 0 Å². The van der Waals surface area contributed by atoms with Gasteiger partial charge < -0.3 is 14.2 Å². The lowest BCUT2D eigenvalue weighted by Gasteiger charge is -2.00. The number of esters is 1. The molecule has 1 aromatic heterocycles. The summed E-state index contributed by atoms with van der Waals surface area (Å²) in [5, 5.41) is 2.44. The summed E-state index contributed by atoms with van der Waals surface area (Å²) in [4.78, 5) is 15.4. The molecule has 0 amide bonds. The molecule has 1 aromatic rings. The Morgan fingerprint density at radius 2 is 2.31 bits per heavy atom. The van der Waals surface area contributed by atoms with Crippen molar-refractivity contribution in [3.8, 4) is 0 Å². The molecule has 90 valence electrons. The predicted molar refractivity (Wildman–Crippen MR) is 59.6 cm³/mol. The third-order valence-corrected chi connectivity index (χ3v) is 2.52. The van der Waals surface area contributed by atoms with Gasteiger partial charge in [-0.1, -0.05) is 0 Å². The van der Waals surface area contributed by atoms with Gasteiger partial charge in [-0.2, -0.15) is 0 Å². The zero-order valence-corrected chi connectivity index (χ0v) is 10.2. The SMILES string of the molecule is CCOC(=O)c1csc(COCCOC)n1. The molecule has 0 N–H and O–H groups in total. The molecule has 1 heterocycles. The van der Waals surface area contributed by atoms with Crippen LogP contribution in [0.1, 0.15) is 22.4 Å². The summed E-state index contributed by atoms with van der Waals surface area (Å²) in [6.07, 6.45) is 0. The van der Waals surface area contributed by atoms with Gasteiger partial charge in [0.1, 0.15) is 5.01 Å². The maximum Gasteiger partial charge on any atom is 0.357 e. The van der Waals surface area contributed by atoms with E-state index < -0.39 is 0 Å². The number of carbonyl (C=O) groups is 1. The highest BCUT2D eigenvalue weighted by molar-refractivity contribution is 7.09. The maximum absolute atomic E-state index is 11.3. The lowest BCUT2D eigenvalue weighted by Crippen LogP contribution is -2.06. The van der Waals surface area contributed by atoms with Crippen LogP contribution in [0, 0.1) is 0 Å². The summed E-state index contributed by atoms with van der Waals surface area (Å²) in [6.45, 7) is 3.59. The first-order valence-corrected chi connectivity index (χ1v) is 5.84. The topological polar surface area (TPSA) is 57.7 Å². The van der Waals surface area contributed by atoms with E-state index in [1.165, 1.54) is 11.3 Å². The van der Waals surface area contributed by atoms with Gasteiger partial charge in [-0.05, 0) is 6.92 Å². The Morgan fingerprint density at radius 1 is 1.50 bits per heavy atom. The van der Waals surface area contributed by atoms with Gasteiger partial charge in [-0.15, -0.1) is 11.3 Å². The van der Waals surface area contributed by atoms with Crippen molar-refractivity contribution in [2.24, 2.45) is 0 Å². The molecule has 0 spiro atoms. The van der Waals surface area contributed by atoms with Crippen LogP contribution in [0.3, 0.4) is 0 Å². The molecule has 0 aliphatic rings. The van der Waals surface area contributed by atoms with Crippen molar-refractivity contribution in [3.05, 3.63) is 16.1 Å². The molecule has 0 aromatic carbocycles. The standard InChI is InChI=1S/C10H15NO4S/c1-3-15-10(12)8-7-16-9(11-8)6-14-5-4-13-2/h7H,3-6H2,1-2H3. The Balaban J connectivity index is 2.36. The van der Waals surface area contributed by atoms with E-state index in [9.17, 15) is 4.79 Å². The molecule has 5 nitrogen and oxygen atoms in total. The number of hydrogen-bond donors (Lipinski definition) is 0. The summed E-state index contributed by atoms with van der Waals surface area (Å²) >= 11 is 1.38. The summed E-state index contributed by atoms with van der Waals surface area (Å²) in [5.41, 5.74) is 0.345. The van der Waals surface area contributed by atoms with Crippen LogP contribution in [0.5, 0.6) is 0 Å². The van der Waals surface area contributed by atoms with Gasteiger partial charge in [0, 0.05) is 12.5 Å². The summed E-state index contributed by atoms with van der Waals surface area (Å²) < 4.78 is 15.0. The van der Waals surface area contributed by atoms with E-state index in [1.807, 2.05) is 0 Å². The third-order valence-electron chi connectivity index (χ3n) is 1.69. The zero-order valence-electron chi connectivity index (χ0n) is 9.39. The fourth-order valence-electron chi connectivity index (χ4n) is 0.978. The molecule has 0 atom stereocenters. The highest BCUT2D eigenvalue weighted by Crippen LogP contribution is 2.11. The number of nitrogens with zero attached hydrogens (tertiary/aromatic N) is 1. The van der Waals surface area contributed by atoms with E-state index in [0.717, 1.165) is 5.01 Å². The number of thiazole rings is 1. The third kappa shape index (κ3) is 4.26. The van der Waals surface area contributed by atoms with Gasteiger partial charge in [0.15, 0.2) is 5.69 Å². The van der Waals surface area contributed by atoms with Crippen LogP contribution in [-0.2, 0) is 20.8 Å². The molecule has 16 heavy (non-hydrogen) atoms. The Kier molecular flexibility index (Phi) is 5.99. The molecule has 0 saturated carbocycles. The number of hydrogen-bond acceptors (Lipinski definition) is 6. The predicted octanol–water partition coefficient (Wildman–Crippen LogP) is 1.48. The summed E-state index contributed by atoms with van der Waals surface area (Å²) in [7, 11) is 1.62. The minimum Gasteiger partial charge on any atom is -0.461 e. The van der Waals surface area contributed by atoms with E-state index in [0.29, 0.717) is 32.1 Å². The molecule has 1 rings (SSSR count). The summed E-state index contributed by atoms with van der Waals surface area (Å²) in [6, 6.07) is 0. The second-order valence-electron chi connectivity index (χ2n) is 2.89. The van der Waals surface area contributed by atoms with Crippen molar-refractivity contribution in [2.45, 2.75) is 13.5 Å². The lowest BCUT2D eigenvalue weighted by molar-refractivity contribution is 0.0516. The highest BCUT2D eigenvalue weighted by atomic mass is 32.1. The van der Waals surface area contributed by atoms with Crippen molar-refractivity contribution < 1.29 is 19.0 Å². The molecule has 0 aliphatic heterocycles. The number of carbonyl (C=O) groups excluding carboxylic acids is 1. The second-order valence-corrected chi connectivity index (χ2v) is 3.83. The molecule has 0 unspecified atom stereocenters. The first kappa shape index (κ1) is 13.1. The van der Waals surface area contributed by atoms with Crippen LogP contribution < -0.4 is 0 Å². The van der Waals surface area contributed by atoms with Crippen LogP contribution in [0.15, 0.2) is 5.38 Å². The minimum atomic E-state index is -0.387. The Labute approximate surface area is 98.3 Å². The highest BCUT2D eigenvalue weighted by Gasteiger charge is 2.11. The monoisotopic (exact) mass is 245 g/mol. The largest absolute Gasteiger partial charge is 0.461 e. The van der Waals surface area contributed by atoms with Gasteiger partial charge in [0.2, 0.25) is 0 Å². The van der Waals surface area contributed by atoms with Crippen LogP contribution in [-0.4, -0.2) is 37.9 Å². The van der Waals surface area contributed by atoms with Gasteiger partial charge in [-0.25, -0.2) is 9.78 Å². The van der Waals surface area contributed by atoms with Crippen LogP contribution in [0.25, 0.3) is 0 Å². The Morgan fingerprint density at radius 3 is 3.00 bits per heavy atom. The molecule has 0 aliphatic carbocycles. The number of ether oxygens (including phenoxy) is 3. The van der Waals surface area contributed by atoms with E-state index in [1.54, 1.807) is 19.4 Å². The van der Waals surface area contributed by atoms with E-state index in [-0.39, 0.29) is 5.97 Å². The van der Waals surface area contributed by atoms with Crippen molar-refractivity contribution in [3.63, 3.8) is 0 Å². The van der Waals surface area contributed by atoms with E-state index in [2.05, 4.69) is 4.98 Å². The van der Waals surface area contributed by atoms with Crippen LogP contribution in [0.4, 0.5) is 0 Å². The number of methoxy groups -OCH3 is 1. The van der Waals surface area contributed by atoms with Gasteiger partial charge in [0.05, 0.1) is 26.4 Å². The van der Waals surface area contributed by atoms with Crippen molar-refractivity contribution in [1.29, 1.82) is 0 Å². The summed E-state index contributed by atoms with van der Waals surface area (Å²) in [5.74, 6) is -0.387. The van der Waals surface area contributed by atoms with Crippen molar-refractivity contribution in [1.82, 2.24) is 4.98 Å². The molecule has 0 radical (unpaired) electrons. The smallest absolute Gasteiger partial charge is 0.357 e. The van der Waals surface area contributed by atoms with Crippen molar-refractivity contribution >= 4 is 17.3 Å². The van der Waals surface area contributed by atoms with Crippen LogP contribution >= 0.6 is 11.3 Å². The Bertz CT molecular complexity index is 326. The zero-order chi connectivity index (χ0) is 11.8. The van der Waals surface area contributed by atoms with Crippen molar-refractivity contribution in [2.75, 3.05) is 26.9 Å². The Hall–Kier alpha value is -0.980. The first-order chi connectivity index (χ1) is 7.77. The fourth-order valence-corrected chi connectivity index (χ4v) is 1.68. The normalized spacial score (nSPS) is 10.4. The second kappa shape index (κ2) is 7.32. The fraction of sp³-hybridized carbons (Fsp3) is 0.600. The average Bonchev–Trinajstić information content (AvgIpc) is 2.73. The number of rotatable bonds is 7.